The summed E-state index contributed by atoms with van der Waals surface area (Å²) in [5.74, 6) is 5.29. The predicted molar refractivity (Wildman–Crippen MR) is 47.5 cm³/mol. The van der Waals surface area contributed by atoms with Gasteiger partial charge in [-0.1, -0.05) is 5.92 Å². The molecular formula is C9H15NO2. The summed E-state index contributed by atoms with van der Waals surface area (Å²) in [6.45, 7) is 6.02. The average Bonchev–Trinajstić information content (AvgIpc) is 2.01. The van der Waals surface area contributed by atoms with Gasteiger partial charge in [0, 0.05) is 0 Å². The third-order valence-electron chi connectivity index (χ3n) is 1.10. The Bertz CT molecular complexity index is 188. The maximum Gasteiger partial charge on any atom is 0.246 e. The highest BCUT2D eigenvalue weighted by Crippen LogP contribution is 1.85. The van der Waals surface area contributed by atoms with Crippen molar-refractivity contribution in [2.75, 3.05) is 13.2 Å². The lowest BCUT2D eigenvalue weighted by Crippen LogP contribution is -2.28. The van der Waals surface area contributed by atoms with Crippen LogP contribution in [0, 0.1) is 11.8 Å². The minimum atomic E-state index is -0.119. The summed E-state index contributed by atoms with van der Waals surface area (Å²) in [4.78, 5) is 10.9. The van der Waals surface area contributed by atoms with Gasteiger partial charge in [0.25, 0.3) is 0 Å². The Labute approximate surface area is 73.5 Å². The summed E-state index contributed by atoms with van der Waals surface area (Å²) in [6.07, 6.45) is 0.0907. The van der Waals surface area contributed by atoms with E-state index in [1.807, 2.05) is 13.8 Å². The predicted octanol–water partition coefficient (Wildman–Crippen LogP) is 0.551. The first-order valence-corrected chi connectivity index (χ1v) is 3.94. The zero-order chi connectivity index (χ0) is 9.40. The van der Waals surface area contributed by atoms with Gasteiger partial charge >= 0.3 is 0 Å². The smallest absolute Gasteiger partial charge is 0.246 e. The van der Waals surface area contributed by atoms with Gasteiger partial charge in [0.2, 0.25) is 5.91 Å². The van der Waals surface area contributed by atoms with E-state index in [4.69, 9.17) is 4.74 Å². The molecule has 0 aromatic heterocycles. The van der Waals surface area contributed by atoms with Gasteiger partial charge in [0.05, 0.1) is 12.6 Å². The van der Waals surface area contributed by atoms with Crippen molar-refractivity contribution in [1.82, 2.24) is 5.32 Å². The molecule has 3 heteroatoms. The number of rotatable bonds is 4. The van der Waals surface area contributed by atoms with Gasteiger partial charge < -0.3 is 10.1 Å². The lowest BCUT2D eigenvalue weighted by molar-refractivity contribution is -0.126. The molecule has 0 aliphatic rings. The van der Waals surface area contributed by atoms with Crippen molar-refractivity contribution in [3.8, 4) is 11.8 Å². The van der Waals surface area contributed by atoms with E-state index in [2.05, 4.69) is 17.2 Å². The van der Waals surface area contributed by atoms with E-state index < -0.39 is 0 Å². The summed E-state index contributed by atoms with van der Waals surface area (Å²) in [5, 5.41) is 2.60. The maximum atomic E-state index is 10.9. The number of nitrogens with one attached hydrogen (secondary N) is 1. The fourth-order valence-corrected chi connectivity index (χ4v) is 0.525. The summed E-state index contributed by atoms with van der Waals surface area (Å²) in [7, 11) is 0. The first-order chi connectivity index (χ1) is 5.66. The van der Waals surface area contributed by atoms with E-state index >= 15 is 0 Å². The van der Waals surface area contributed by atoms with Crippen LogP contribution in [0.1, 0.15) is 20.8 Å². The van der Waals surface area contributed by atoms with E-state index in [0.29, 0.717) is 6.54 Å². The topological polar surface area (TPSA) is 38.3 Å². The lowest BCUT2D eigenvalue weighted by Gasteiger charge is -2.05. The van der Waals surface area contributed by atoms with E-state index in [9.17, 15) is 4.79 Å². The number of carbonyl (C=O) groups is 1. The van der Waals surface area contributed by atoms with E-state index in [1.54, 1.807) is 6.92 Å². The molecule has 0 aromatic carbocycles. The molecule has 0 saturated carbocycles. The number of hydrogen-bond donors (Lipinski definition) is 1. The molecule has 0 bridgehead atoms. The molecule has 68 valence electrons. The molecule has 0 spiro atoms. The molecule has 1 amide bonds. The summed E-state index contributed by atoms with van der Waals surface area (Å²) in [5.41, 5.74) is 0. The van der Waals surface area contributed by atoms with Crippen LogP contribution >= 0.6 is 0 Å². The van der Waals surface area contributed by atoms with Crippen LogP contribution in [0.4, 0.5) is 0 Å². The molecule has 0 aliphatic heterocycles. The second kappa shape index (κ2) is 6.68. The van der Waals surface area contributed by atoms with Crippen LogP contribution in [0.15, 0.2) is 0 Å². The Morgan fingerprint density at radius 2 is 2.25 bits per heavy atom. The number of carbonyl (C=O) groups excluding carboxylic acids is 1. The standard InChI is InChI=1S/C9H15NO2/c1-4-5-6-10-9(11)7-12-8(2)3/h8H,6-7H2,1-3H3,(H,10,11). The van der Waals surface area contributed by atoms with Gasteiger partial charge in [-0.15, -0.1) is 5.92 Å². The molecule has 0 aliphatic carbocycles. The maximum absolute atomic E-state index is 10.9. The molecule has 0 atom stereocenters. The Hall–Kier alpha value is -1.01. The average molecular weight is 169 g/mol. The van der Waals surface area contributed by atoms with Crippen molar-refractivity contribution < 1.29 is 9.53 Å². The van der Waals surface area contributed by atoms with E-state index in [-0.39, 0.29) is 18.6 Å². The van der Waals surface area contributed by atoms with Crippen LogP contribution in [0.25, 0.3) is 0 Å². The minimum Gasteiger partial charge on any atom is -0.369 e. The monoisotopic (exact) mass is 169 g/mol. The third kappa shape index (κ3) is 7.10. The third-order valence-corrected chi connectivity index (χ3v) is 1.10. The van der Waals surface area contributed by atoms with E-state index in [0.717, 1.165) is 0 Å². The quantitative estimate of drug-likeness (QED) is 0.624. The summed E-state index contributed by atoms with van der Waals surface area (Å²) < 4.78 is 5.07. The minimum absolute atomic E-state index is 0.0907. The Morgan fingerprint density at radius 1 is 1.58 bits per heavy atom. The summed E-state index contributed by atoms with van der Waals surface area (Å²) in [6, 6.07) is 0. The highest BCUT2D eigenvalue weighted by atomic mass is 16.5. The molecular weight excluding hydrogens is 154 g/mol. The molecule has 0 radical (unpaired) electrons. The number of amides is 1. The van der Waals surface area contributed by atoms with Crippen LogP contribution in [0.3, 0.4) is 0 Å². The largest absolute Gasteiger partial charge is 0.369 e. The molecule has 0 aromatic rings. The fraction of sp³-hybridized carbons (Fsp3) is 0.667. The van der Waals surface area contributed by atoms with Crippen LogP contribution in [0.2, 0.25) is 0 Å². The van der Waals surface area contributed by atoms with Gasteiger partial charge in [0.15, 0.2) is 0 Å². The Balaban J connectivity index is 3.38. The SMILES string of the molecule is CC#CCNC(=O)COC(C)C. The summed E-state index contributed by atoms with van der Waals surface area (Å²) >= 11 is 0. The molecule has 0 rings (SSSR count). The lowest BCUT2D eigenvalue weighted by atomic mass is 10.5. The second-order valence-corrected chi connectivity index (χ2v) is 2.56. The number of hydrogen-bond acceptors (Lipinski definition) is 2. The molecule has 0 saturated heterocycles. The molecule has 1 N–H and O–H groups in total. The molecule has 0 unspecified atom stereocenters. The van der Waals surface area contributed by atoms with Crippen molar-refractivity contribution >= 4 is 5.91 Å². The van der Waals surface area contributed by atoms with Crippen LogP contribution in [-0.2, 0) is 9.53 Å². The Morgan fingerprint density at radius 3 is 2.75 bits per heavy atom. The first kappa shape index (κ1) is 11.0. The van der Waals surface area contributed by atoms with Gasteiger partial charge in [-0.3, -0.25) is 4.79 Å². The zero-order valence-electron chi connectivity index (χ0n) is 7.81. The van der Waals surface area contributed by atoms with Gasteiger partial charge in [-0.05, 0) is 20.8 Å². The number of ether oxygens (including phenoxy) is 1. The Kier molecular flexibility index (Phi) is 6.12. The molecule has 0 heterocycles. The molecule has 3 nitrogen and oxygen atoms in total. The van der Waals surface area contributed by atoms with Crippen molar-refractivity contribution in [1.29, 1.82) is 0 Å². The highest BCUT2D eigenvalue weighted by Gasteiger charge is 2.00. The van der Waals surface area contributed by atoms with Crippen molar-refractivity contribution in [3.05, 3.63) is 0 Å². The van der Waals surface area contributed by atoms with Crippen molar-refractivity contribution in [2.24, 2.45) is 0 Å². The van der Waals surface area contributed by atoms with Gasteiger partial charge in [0.1, 0.15) is 6.61 Å². The second-order valence-electron chi connectivity index (χ2n) is 2.56. The van der Waals surface area contributed by atoms with E-state index in [1.165, 1.54) is 0 Å². The van der Waals surface area contributed by atoms with Crippen LogP contribution in [-0.4, -0.2) is 25.2 Å². The van der Waals surface area contributed by atoms with Gasteiger partial charge in [-0.2, -0.15) is 0 Å². The highest BCUT2D eigenvalue weighted by molar-refractivity contribution is 5.77. The van der Waals surface area contributed by atoms with Crippen molar-refractivity contribution in [3.63, 3.8) is 0 Å². The molecule has 0 fully saturated rings. The zero-order valence-corrected chi connectivity index (χ0v) is 7.81. The molecule has 12 heavy (non-hydrogen) atoms. The van der Waals surface area contributed by atoms with Crippen LogP contribution < -0.4 is 5.32 Å². The van der Waals surface area contributed by atoms with Crippen LogP contribution in [0.5, 0.6) is 0 Å². The normalized spacial score (nSPS) is 9.00. The van der Waals surface area contributed by atoms with Gasteiger partial charge in [-0.25, -0.2) is 0 Å². The van der Waals surface area contributed by atoms with Crippen molar-refractivity contribution in [2.45, 2.75) is 26.9 Å². The fourth-order valence-electron chi connectivity index (χ4n) is 0.525. The first-order valence-electron chi connectivity index (χ1n) is 3.94.